The Bertz CT molecular complexity index is 507. The number of nitrogens with two attached hydrogens (primary N) is 1. The van der Waals surface area contributed by atoms with E-state index in [9.17, 15) is 13.6 Å². The predicted octanol–water partition coefficient (Wildman–Crippen LogP) is 2.61. The Labute approximate surface area is 117 Å². The van der Waals surface area contributed by atoms with Gasteiger partial charge in [-0.25, -0.2) is 8.78 Å². The summed E-state index contributed by atoms with van der Waals surface area (Å²) in [4.78, 5) is 13.8. The van der Waals surface area contributed by atoms with Crippen molar-refractivity contribution in [2.24, 2.45) is 11.7 Å². The summed E-state index contributed by atoms with van der Waals surface area (Å²) in [5.41, 5.74) is 6.01. The van der Waals surface area contributed by atoms with Crippen LogP contribution in [0.4, 0.5) is 8.78 Å². The van der Waals surface area contributed by atoms with Crippen LogP contribution in [0, 0.1) is 17.6 Å². The van der Waals surface area contributed by atoms with Gasteiger partial charge >= 0.3 is 0 Å². The largest absolute Gasteiger partial charge is 0.339 e. The first kappa shape index (κ1) is 14.9. The monoisotopic (exact) mass is 282 g/mol. The summed E-state index contributed by atoms with van der Waals surface area (Å²) < 4.78 is 27.0. The lowest BCUT2D eigenvalue weighted by Crippen LogP contribution is -2.35. The van der Waals surface area contributed by atoms with Crippen molar-refractivity contribution in [3.63, 3.8) is 0 Å². The van der Waals surface area contributed by atoms with Crippen LogP contribution < -0.4 is 5.73 Å². The van der Waals surface area contributed by atoms with Crippen LogP contribution in [0.15, 0.2) is 18.2 Å². The minimum atomic E-state index is -0.505. The van der Waals surface area contributed by atoms with Crippen molar-refractivity contribution < 1.29 is 13.6 Å². The Kier molecular flexibility index (Phi) is 4.38. The summed E-state index contributed by atoms with van der Waals surface area (Å²) in [5.74, 6) is -1.15. The molecule has 1 aliphatic rings. The minimum absolute atomic E-state index is 0.0471. The summed E-state index contributed by atoms with van der Waals surface area (Å²) in [6.07, 6.45) is 2.27. The Balaban J connectivity index is 2.13. The second-order valence-electron chi connectivity index (χ2n) is 5.56. The number of halogens is 2. The zero-order chi connectivity index (χ0) is 14.9. The van der Waals surface area contributed by atoms with Gasteiger partial charge < -0.3 is 10.6 Å². The Morgan fingerprint density at radius 2 is 2.10 bits per heavy atom. The fourth-order valence-electron chi connectivity index (χ4n) is 2.76. The van der Waals surface area contributed by atoms with Crippen molar-refractivity contribution in [2.45, 2.75) is 38.3 Å². The average Bonchev–Trinajstić information content (AvgIpc) is 2.85. The fraction of sp³-hybridized carbons (Fsp3) is 0.533. The summed E-state index contributed by atoms with van der Waals surface area (Å²) in [5, 5.41) is 0. The molecule has 3 atom stereocenters. The molecule has 5 heteroatoms. The third-order valence-corrected chi connectivity index (χ3v) is 4.16. The molecule has 1 aromatic carbocycles. The molecule has 20 heavy (non-hydrogen) atoms. The summed E-state index contributed by atoms with van der Waals surface area (Å²) >= 11 is 0. The molecule has 0 aromatic heterocycles. The predicted molar refractivity (Wildman–Crippen MR) is 72.9 cm³/mol. The lowest BCUT2D eigenvalue weighted by Gasteiger charge is -2.28. The topological polar surface area (TPSA) is 46.3 Å². The van der Waals surface area contributed by atoms with E-state index in [4.69, 9.17) is 5.73 Å². The molecule has 3 nitrogen and oxygen atoms in total. The number of nitrogens with zero attached hydrogens (tertiary/aromatic N) is 1. The molecule has 1 amide bonds. The van der Waals surface area contributed by atoms with Gasteiger partial charge in [-0.3, -0.25) is 4.79 Å². The Morgan fingerprint density at radius 3 is 2.70 bits per heavy atom. The van der Waals surface area contributed by atoms with Gasteiger partial charge in [0.2, 0.25) is 5.91 Å². The molecule has 2 rings (SSSR count). The first-order valence-corrected chi connectivity index (χ1v) is 6.87. The smallest absolute Gasteiger partial charge is 0.225 e. The maximum atomic E-state index is 13.8. The van der Waals surface area contributed by atoms with E-state index < -0.39 is 17.7 Å². The number of hydrogen-bond donors (Lipinski definition) is 1. The number of hydrogen-bond acceptors (Lipinski definition) is 2. The second-order valence-corrected chi connectivity index (χ2v) is 5.56. The van der Waals surface area contributed by atoms with E-state index in [1.54, 1.807) is 14.0 Å². The molecule has 1 aliphatic carbocycles. The molecule has 0 aliphatic heterocycles. The van der Waals surface area contributed by atoms with Crippen molar-refractivity contribution in [1.82, 2.24) is 4.90 Å². The Hall–Kier alpha value is -1.49. The molecule has 3 unspecified atom stereocenters. The number of rotatable bonds is 3. The van der Waals surface area contributed by atoms with Gasteiger partial charge in [0.05, 0.1) is 6.04 Å². The van der Waals surface area contributed by atoms with E-state index in [0.29, 0.717) is 6.42 Å². The number of carbonyl (C=O) groups is 1. The SMILES string of the molecule is CC(c1cc(F)ccc1F)N(C)C(=O)C1CCC(N)C1. The van der Waals surface area contributed by atoms with Crippen LogP contribution in [0.1, 0.15) is 37.8 Å². The third kappa shape index (κ3) is 2.98. The van der Waals surface area contributed by atoms with Gasteiger partial charge in [0, 0.05) is 24.6 Å². The van der Waals surface area contributed by atoms with E-state index in [0.717, 1.165) is 31.0 Å². The van der Waals surface area contributed by atoms with E-state index in [1.165, 1.54) is 4.90 Å². The maximum Gasteiger partial charge on any atom is 0.225 e. The van der Waals surface area contributed by atoms with E-state index in [2.05, 4.69) is 0 Å². The maximum absolute atomic E-state index is 13.8. The van der Waals surface area contributed by atoms with Crippen molar-refractivity contribution in [2.75, 3.05) is 7.05 Å². The van der Waals surface area contributed by atoms with Crippen LogP contribution >= 0.6 is 0 Å². The summed E-state index contributed by atoms with van der Waals surface area (Å²) in [7, 11) is 1.63. The molecular weight excluding hydrogens is 262 g/mol. The third-order valence-electron chi connectivity index (χ3n) is 4.16. The highest BCUT2D eigenvalue weighted by Crippen LogP contribution is 2.30. The molecule has 1 saturated carbocycles. The molecule has 110 valence electrons. The van der Waals surface area contributed by atoms with Crippen molar-refractivity contribution in [1.29, 1.82) is 0 Å². The average molecular weight is 282 g/mol. The number of carbonyl (C=O) groups excluding carboxylic acids is 1. The molecule has 0 spiro atoms. The van der Waals surface area contributed by atoms with Gasteiger partial charge in [-0.2, -0.15) is 0 Å². The zero-order valence-electron chi connectivity index (χ0n) is 11.8. The summed E-state index contributed by atoms with van der Waals surface area (Å²) in [6.45, 7) is 1.70. The first-order chi connectivity index (χ1) is 9.40. The van der Waals surface area contributed by atoms with Crippen molar-refractivity contribution >= 4 is 5.91 Å². The molecule has 2 N–H and O–H groups in total. The highest BCUT2D eigenvalue weighted by atomic mass is 19.1. The number of amides is 1. The minimum Gasteiger partial charge on any atom is -0.339 e. The van der Waals surface area contributed by atoms with Gasteiger partial charge in [0.1, 0.15) is 11.6 Å². The highest BCUT2D eigenvalue weighted by molar-refractivity contribution is 5.79. The molecule has 0 heterocycles. The molecular formula is C15H20F2N2O. The highest BCUT2D eigenvalue weighted by Gasteiger charge is 2.32. The van der Waals surface area contributed by atoms with Crippen LogP contribution in [0.25, 0.3) is 0 Å². The second kappa shape index (κ2) is 5.87. The molecule has 1 fully saturated rings. The van der Waals surface area contributed by atoms with Gasteiger partial charge in [0.25, 0.3) is 0 Å². The fourth-order valence-corrected chi connectivity index (χ4v) is 2.76. The van der Waals surface area contributed by atoms with Crippen LogP contribution in [0.3, 0.4) is 0 Å². The van der Waals surface area contributed by atoms with Crippen molar-refractivity contribution in [3.8, 4) is 0 Å². The molecule has 0 saturated heterocycles. The van der Waals surface area contributed by atoms with Gasteiger partial charge in [-0.1, -0.05) is 0 Å². The zero-order valence-corrected chi connectivity index (χ0v) is 11.8. The van der Waals surface area contributed by atoms with Crippen LogP contribution in [-0.2, 0) is 4.79 Å². The van der Waals surface area contributed by atoms with Gasteiger partial charge in [-0.15, -0.1) is 0 Å². The molecule has 1 aromatic rings. The van der Waals surface area contributed by atoms with Gasteiger partial charge in [0.15, 0.2) is 0 Å². The van der Waals surface area contributed by atoms with Crippen LogP contribution in [0.5, 0.6) is 0 Å². The van der Waals surface area contributed by atoms with E-state index in [1.807, 2.05) is 0 Å². The Morgan fingerprint density at radius 1 is 1.40 bits per heavy atom. The number of benzene rings is 1. The van der Waals surface area contributed by atoms with E-state index in [-0.39, 0.29) is 23.4 Å². The molecule has 0 bridgehead atoms. The lowest BCUT2D eigenvalue weighted by molar-refractivity contribution is -0.136. The van der Waals surface area contributed by atoms with E-state index >= 15 is 0 Å². The standard InChI is InChI=1S/C15H20F2N2O/c1-9(13-8-11(16)4-6-14(13)17)19(2)15(20)10-3-5-12(18)7-10/h4,6,8-10,12H,3,5,7,18H2,1-2H3. The van der Waals surface area contributed by atoms with Crippen LogP contribution in [-0.4, -0.2) is 23.9 Å². The normalized spacial score (nSPS) is 23.6. The lowest BCUT2D eigenvalue weighted by atomic mass is 10.0. The summed E-state index contributed by atoms with van der Waals surface area (Å²) in [6, 6.07) is 2.87. The van der Waals surface area contributed by atoms with Crippen molar-refractivity contribution in [3.05, 3.63) is 35.4 Å². The molecule has 0 radical (unpaired) electrons. The van der Waals surface area contributed by atoms with Gasteiger partial charge in [-0.05, 0) is 44.4 Å². The quantitative estimate of drug-likeness (QED) is 0.926. The first-order valence-electron chi connectivity index (χ1n) is 6.87. The van der Waals surface area contributed by atoms with Crippen LogP contribution in [0.2, 0.25) is 0 Å².